The smallest absolute Gasteiger partial charge is 0.270 e. The van der Waals surface area contributed by atoms with Crippen molar-refractivity contribution in [2.45, 2.75) is 45.3 Å². The van der Waals surface area contributed by atoms with Crippen molar-refractivity contribution in [3.63, 3.8) is 0 Å². The maximum Gasteiger partial charge on any atom is 0.270 e. The van der Waals surface area contributed by atoms with Crippen LogP contribution in [0.2, 0.25) is 0 Å². The van der Waals surface area contributed by atoms with Crippen LogP contribution in [0.5, 0.6) is 5.75 Å². The van der Waals surface area contributed by atoms with Crippen LogP contribution in [0.4, 0.5) is 0 Å². The minimum absolute atomic E-state index is 0.0524. The molecule has 0 radical (unpaired) electrons. The summed E-state index contributed by atoms with van der Waals surface area (Å²) >= 11 is 0. The van der Waals surface area contributed by atoms with E-state index in [1.165, 1.54) is 11.1 Å². The minimum atomic E-state index is -0.0852. The summed E-state index contributed by atoms with van der Waals surface area (Å²) < 4.78 is 8.26. The van der Waals surface area contributed by atoms with Crippen molar-refractivity contribution in [3.8, 4) is 28.1 Å². The lowest BCUT2D eigenvalue weighted by atomic mass is 9.92. The van der Waals surface area contributed by atoms with Gasteiger partial charge in [-0.05, 0) is 65.3 Å². The predicted octanol–water partition coefficient (Wildman–Crippen LogP) is 5.55. The Morgan fingerprint density at radius 3 is 2.60 bits per heavy atom. The van der Waals surface area contributed by atoms with Gasteiger partial charge in [-0.1, -0.05) is 44.2 Å². The molecule has 4 heterocycles. The second kappa shape index (κ2) is 8.69. The Bertz CT molecular complexity index is 1390. The van der Waals surface area contributed by atoms with Gasteiger partial charge in [0.25, 0.3) is 5.91 Å². The third-order valence-electron chi connectivity index (χ3n) is 7.00. The molecule has 6 rings (SSSR count). The van der Waals surface area contributed by atoms with Crippen LogP contribution < -0.4 is 10.1 Å². The zero-order chi connectivity index (χ0) is 23.9. The Labute approximate surface area is 205 Å². The van der Waals surface area contributed by atoms with Crippen molar-refractivity contribution in [2.75, 3.05) is 6.54 Å². The topological polar surface area (TPSA) is 69.0 Å². The van der Waals surface area contributed by atoms with Crippen LogP contribution in [0.15, 0.2) is 67.0 Å². The number of hydrogen-bond acceptors (Lipinski definition) is 4. The maximum atomic E-state index is 12.9. The Morgan fingerprint density at radius 2 is 1.83 bits per heavy atom. The third-order valence-corrected chi connectivity index (χ3v) is 7.00. The van der Waals surface area contributed by atoms with Gasteiger partial charge in [-0.25, -0.2) is 0 Å². The quantitative estimate of drug-likeness (QED) is 0.430. The van der Waals surface area contributed by atoms with Gasteiger partial charge in [0.2, 0.25) is 0 Å². The maximum absolute atomic E-state index is 12.9. The Morgan fingerprint density at radius 1 is 1.03 bits per heavy atom. The van der Waals surface area contributed by atoms with Gasteiger partial charge in [-0.2, -0.15) is 5.10 Å². The molecule has 0 fully saturated rings. The SMILES string of the molecule is CC(C)c1ccc(C2CCc3cc(-c4c(-c5ccncc5)nn5c4C(=O)NCC5)ccc3O2)cc1. The summed E-state index contributed by atoms with van der Waals surface area (Å²) in [7, 11) is 0. The molecule has 1 amide bonds. The largest absolute Gasteiger partial charge is 0.485 e. The number of carbonyl (C=O) groups is 1. The summed E-state index contributed by atoms with van der Waals surface area (Å²) in [6.45, 7) is 5.66. The molecule has 176 valence electrons. The molecule has 2 aliphatic rings. The Kier molecular flexibility index (Phi) is 5.36. The zero-order valence-corrected chi connectivity index (χ0v) is 20.0. The van der Waals surface area contributed by atoms with E-state index in [2.05, 4.69) is 54.5 Å². The van der Waals surface area contributed by atoms with Crippen molar-refractivity contribution in [3.05, 3.63) is 89.4 Å². The lowest BCUT2D eigenvalue weighted by Gasteiger charge is -2.27. The van der Waals surface area contributed by atoms with Gasteiger partial charge in [0.15, 0.2) is 0 Å². The number of fused-ring (bicyclic) bond motifs is 2. The number of aryl methyl sites for hydroxylation is 1. The van der Waals surface area contributed by atoms with Crippen molar-refractivity contribution in [2.24, 2.45) is 0 Å². The molecule has 2 aliphatic heterocycles. The van der Waals surface area contributed by atoms with Gasteiger partial charge in [-0.15, -0.1) is 0 Å². The van der Waals surface area contributed by atoms with Crippen LogP contribution in [-0.2, 0) is 13.0 Å². The van der Waals surface area contributed by atoms with Crippen LogP contribution >= 0.6 is 0 Å². The lowest BCUT2D eigenvalue weighted by Crippen LogP contribution is -2.35. The molecule has 4 aromatic rings. The molecule has 1 atom stereocenters. The van der Waals surface area contributed by atoms with Crippen molar-refractivity contribution >= 4 is 5.91 Å². The normalized spacial score (nSPS) is 16.9. The number of aromatic nitrogens is 3. The van der Waals surface area contributed by atoms with Crippen molar-refractivity contribution in [1.82, 2.24) is 20.1 Å². The summed E-state index contributed by atoms with van der Waals surface area (Å²) in [6.07, 6.45) is 5.40. The molecule has 0 saturated heterocycles. The average Bonchev–Trinajstić information content (AvgIpc) is 3.30. The number of amides is 1. The number of nitrogens with zero attached hydrogens (tertiary/aromatic N) is 3. The first kappa shape index (κ1) is 21.6. The second-order valence-corrected chi connectivity index (χ2v) is 9.58. The minimum Gasteiger partial charge on any atom is -0.485 e. The highest BCUT2D eigenvalue weighted by Gasteiger charge is 2.29. The monoisotopic (exact) mass is 464 g/mol. The van der Waals surface area contributed by atoms with Gasteiger partial charge in [0.05, 0.1) is 6.54 Å². The number of nitrogens with one attached hydrogen (secondary N) is 1. The highest BCUT2D eigenvalue weighted by atomic mass is 16.5. The fourth-order valence-electron chi connectivity index (χ4n) is 5.07. The van der Waals surface area contributed by atoms with E-state index in [0.717, 1.165) is 46.5 Å². The van der Waals surface area contributed by atoms with E-state index >= 15 is 0 Å². The zero-order valence-electron chi connectivity index (χ0n) is 20.0. The first-order valence-electron chi connectivity index (χ1n) is 12.3. The van der Waals surface area contributed by atoms with E-state index < -0.39 is 0 Å². The molecular formula is C29H28N4O2. The highest BCUT2D eigenvalue weighted by Crippen LogP contribution is 2.41. The molecule has 2 aromatic carbocycles. The number of hydrogen-bond donors (Lipinski definition) is 1. The highest BCUT2D eigenvalue weighted by molar-refractivity contribution is 6.03. The van der Waals surface area contributed by atoms with Crippen LogP contribution in [0, 0.1) is 0 Å². The number of ether oxygens (including phenoxy) is 1. The van der Waals surface area contributed by atoms with Crippen molar-refractivity contribution < 1.29 is 9.53 Å². The lowest BCUT2D eigenvalue weighted by molar-refractivity contribution is 0.0925. The van der Waals surface area contributed by atoms with E-state index in [4.69, 9.17) is 9.84 Å². The second-order valence-electron chi connectivity index (χ2n) is 9.58. The Balaban J connectivity index is 1.36. The number of pyridine rings is 1. The van der Waals surface area contributed by atoms with E-state index in [-0.39, 0.29) is 12.0 Å². The molecule has 0 aliphatic carbocycles. The standard InChI is InChI=1S/C29H28N4O2/c1-18(2)19-3-5-20(6-4-19)24-9-7-22-17-23(8-10-25(22)35-24)26-27(21-11-13-30-14-12-21)32-33-16-15-31-29(34)28(26)33/h3-6,8,10-14,17-18,24H,7,9,15-16H2,1-2H3,(H,31,34). The fourth-order valence-corrected chi connectivity index (χ4v) is 5.07. The molecule has 1 unspecified atom stereocenters. The fraction of sp³-hybridized carbons (Fsp3) is 0.276. The summed E-state index contributed by atoms with van der Waals surface area (Å²) in [5.41, 5.74) is 7.93. The van der Waals surface area contributed by atoms with Crippen LogP contribution in [0.25, 0.3) is 22.4 Å². The molecule has 6 heteroatoms. The predicted molar refractivity (Wildman–Crippen MR) is 135 cm³/mol. The summed E-state index contributed by atoms with van der Waals surface area (Å²) in [4.78, 5) is 17.0. The summed E-state index contributed by atoms with van der Waals surface area (Å²) in [6, 6.07) is 18.9. The number of carbonyl (C=O) groups excluding carboxylic acids is 1. The van der Waals surface area contributed by atoms with Gasteiger partial charge in [0, 0.05) is 30.1 Å². The first-order chi connectivity index (χ1) is 17.1. The summed E-state index contributed by atoms with van der Waals surface area (Å²) in [5.74, 6) is 1.34. The van der Waals surface area contributed by atoms with Gasteiger partial charge < -0.3 is 10.1 Å². The molecule has 0 bridgehead atoms. The molecular weight excluding hydrogens is 436 g/mol. The van der Waals surface area contributed by atoms with E-state index in [0.29, 0.717) is 24.7 Å². The van der Waals surface area contributed by atoms with E-state index in [1.807, 2.05) is 28.9 Å². The van der Waals surface area contributed by atoms with Crippen molar-refractivity contribution in [1.29, 1.82) is 0 Å². The molecule has 0 spiro atoms. The number of rotatable bonds is 4. The molecule has 1 N–H and O–H groups in total. The molecule has 0 saturated carbocycles. The Hall–Kier alpha value is -3.93. The van der Waals surface area contributed by atoms with Crippen LogP contribution in [-0.4, -0.2) is 27.2 Å². The molecule has 35 heavy (non-hydrogen) atoms. The molecule has 2 aromatic heterocycles. The van der Waals surface area contributed by atoms with Gasteiger partial charge in [0.1, 0.15) is 23.2 Å². The average molecular weight is 465 g/mol. The van der Waals surface area contributed by atoms with Crippen LogP contribution in [0.1, 0.15) is 59.5 Å². The summed E-state index contributed by atoms with van der Waals surface area (Å²) in [5, 5.41) is 7.80. The molecule has 6 nitrogen and oxygen atoms in total. The van der Waals surface area contributed by atoms with Gasteiger partial charge in [-0.3, -0.25) is 14.5 Å². The third kappa shape index (κ3) is 3.89. The first-order valence-corrected chi connectivity index (χ1v) is 12.3. The van der Waals surface area contributed by atoms with Crippen LogP contribution in [0.3, 0.4) is 0 Å². The van der Waals surface area contributed by atoms with E-state index in [9.17, 15) is 4.79 Å². The van der Waals surface area contributed by atoms with Gasteiger partial charge >= 0.3 is 0 Å². The number of benzene rings is 2. The van der Waals surface area contributed by atoms with E-state index in [1.54, 1.807) is 12.4 Å².